The van der Waals surface area contributed by atoms with Gasteiger partial charge in [0.15, 0.2) is 0 Å². The van der Waals surface area contributed by atoms with Crippen LogP contribution in [-0.2, 0) is 4.79 Å². The van der Waals surface area contributed by atoms with Crippen LogP contribution in [0.4, 0.5) is 0 Å². The van der Waals surface area contributed by atoms with Gasteiger partial charge < -0.3 is 15.4 Å². The summed E-state index contributed by atoms with van der Waals surface area (Å²) in [5, 5.41) is 0. The number of nitrogens with two attached hydrogens (primary N) is 1. The van der Waals surface area contributed by atoms with Crippen molar-refractivity contribution in [3.8, 4) is 5.75 Å². The maximum absolute atomic E-state index is 12.3. The lowest BCUT2D eigenvalue weighted by Crippen LogP contribution is -2.54. The largest absolute Gasteiger partial charge is 0.497 e. The number of carbonyl (C=O) groups is 1. The molecule has 1 aliphatic heterocycles. The summed E-state index contributed by atoms with van der Waals surface area (Å²) in [6, 6.07) is 8.52. The highest BCUT2D eigenvalue weighted by Gasteiger charge is 2.48. The Morgan fingerprint density at radius 3 is 2.38 bits per heavy atom. The molecule has 1 amide bonds. The molecule has 2 fully saturated rings. The molecule has 7 heteroatoms. The van der Waals surface area contributed by atoms with Crippen molar-refractivity contribution in [1.29, 1.82) is 0 Å². The Morgan fingerprint density at radius 2 is 1.83 bits per heavy atom. The number of amides is 1. The third-order valence-corrected chi connectivity index (χ3v) is 4.94. The number of halogens is 2. The Labute approximate surface area is 156 Å². The Bertz CT molecular complexity index is 559. The van der Waals surface area contributed by atoms with Gasteiger partial charge in [0.05, 0.1) is 12.6 Å². The van der Waals surface area contributed by atoms with Gasteiger partial charge in [-0.15, -0.1) is 24.8 Å². The predicted molar refractivity (Wildman–Crippen MR) is 100 cm³/mol. The first-order chi connectivity index (χ1) is 10.5. The number of hydrogen-bond donors (Lipinski definition) is 1. The molecule has 3 rings (SSSR count). The second-order valence-electron chi connectivity index (χ2n) is 6.44. The molecule has 1 unspecified atom stereocenters. The molecule has 1 saturated carbocycles. The van der Waals surface area contributed by atoms with E-state index in [2.05, 4.69) is 24.0 Å². The van der Waals surface area contributed by atoms with Crippen LogP contribution in [0.5, 0.6) is 5.75 Å². The van der Waals surface area contributed by atoms with Crippen LogP contribution >= 0.6 is 24.8 Å². The van der Waals surface area contributed by atoms with Gasteiger partial charge >= 0.3 is 0 Å². The van der Waals surface area contributed by atoms with E-state index in [0.717, 1.165) is 44.8 Å². The Balaban J connectivity index is 0.00000144. The molecule has 2 aliphatic rings. The number of ether oxygens (including phenoxy) is 1. The number of methoxy groups -OCH3 is 1. The molecule has 0 aromatic heterocycles. The molecule has 0 bridgehead atoms. The van der Waals surface area contributed by atoms with Crippen molar-refractivity contribution in [2.75, 3.05) is 33.3 Å². The molecule has 2 N–H and O–H groups in total. The molecule has 1 heterocycles. The minimum absolute atomic E-state index is 0. The van der Waals surface area contributed by atoms with Crippen LogP contribution in [0.1, 0.15) is 31.4 Å². The smallest absolute Gasteiger partial charge is 0.242 e. The fraction of sp³-hybridized carbons (Fsp3) is 0.588. The van der Waals surface area contributed by atoms with Crippen LogP contribution in [0.25, 0.3) is 0 Å². The minimum Gasteiger partial charge on any atom is -0.497 e. The summed E-state index contributed by atoms with van der Waals surface area (Å²) in [6.07, 6.45) is 1.68. The van der Waals surface area contributed by atoms with Crippen molar-refractivity contribution in [1.82, 2.24) is 9.80 Å². The van der Waals surface area contributed by atoms with E-state index < -0.39 is 5.54 Å². The number of benzene rings is 1. The molecular weight excluding hydrogens is 349 g/mol. The number of piperazine rings is 1. The van der Waals surface area contributed by atoms with E-state index in [4.69, 9.17) is 10.5 Å². The molecule has 1 aliphatic carbocycles. The average Bonchev–Trinajstić information content (AvgIpc) is 3.32. The maximum Gasteiger partial charge on any atom is 0.242 e. The van der Waals surface area contributed by atoms with E-state index in [1.807, 2.05) is 17.0 Å². The lowest BCUT2D eigenvalue weighted by molar-refractivity contribution is -0.135. The van der Waals surface area contributed by atoms with Crippen LogP contribution < -0.4 is 10.5 Å². The fourth-order valence-electron chi connectivity index (χ4n) is 3.09. The van der Waals surface area contributed by atoms with Gasteiger partial charge in [0, 0.05) is 32.2 Å². The zero-order valence-electron chi connectivity index (χ0n) is 14.2. The van der Waals surface area contributed by atoms with Gasteiger partial charge in [0.2, 0.25) is 5.91 Å². The summed E-state index contributed by atoms with van der Waals surface area (Å²) < 4.78 is 5.30. The average molecular weight is 376 g/mol. The van der Waals surface area contributed by atoms with Crippen LogP contribution in [0.2, 0.25) is 0 Å². The third kappa shape index (κ3) is 4.33. The first kappa shape index (κ1) is 21.0. The van der Waals surface area contributed by atoms with Crippen molar-refractivity contribution in [3.63, 3.8) is 0 Å². The van der Waals surface area contributed by atoms with E-state index in [0.29, 0.717) is 6.04 Å². The third-order valence-electron chi connectivity index (χ3n) is 4.94. The molecule has 5 nitrogen and oxygen atoms in total. The second-order valence-corrected chi connectivity index (χ2v) is 6.44. The van der Waals surface area contributed by atoms with Gasteiger partial charge in [-0.3, -0.25) is 9.69 Å². The maximum atomic E-state index is 12.3. The van der Waals surface area contributed by atoms with Crippen LogP contribution in [0, 0.1) is 0 Å². The quantitative estimate of drug-likeness (QED) is 0.876. The van der Waals surface area contributed by atoms with Gasteiger partial charge in [0.1, 0.15) is 5.75 Å². The van der Waals surface area contributed by atoms with Crippen molar-refractivity contribution in [2.45, 2.75) is 31.3 Å². The number of hydrogen-bond acceptors (Lipinski definition) is 4. The van der Waals surface area contributed by atoms with E-state index in [-0.39, 0.29) is 30.7 Å². The molecule has 0 radical (unpaired) electrons. The summed E-state index contributed by atoms with van der Waals surface area (Å²) in [4.78, 5) is 16.6. The molecule has 0 spiro atoms. The first-order valence-corrected chi connectivity index (χ1v) is 8.00. The summed E-state index contributed by atoms with van der Waals surface area (Å²) in [5.41, 5.74) is 6.73. The lowest BCUT2D eigenvalue weighted by Gasteiger charge is -2.39. The number of rotatable bonds is 4. The van der Waals surface area contributed by atoms with E-state index >= 15 is 0 Å². The van der Waals surface area contributed by atoms with Crippen LogP contribution in [0.15, 0.2) is 24.3 Å². The summed E-state index contributed by atoms with van der Waals surface area (Å²) >= 11 is 0. The van der Waals surface area contributed by atoms with Gasteiger partial charge in [-0.1, -0.05) is 12.1 Å². The lowest BCUT2D eigenvalue weighted by atomic mass is 10.1. The first-order valence-electron chi connectivity index (χ1n) is 8.00. The molecule has 1 saturated heterocycles. The van der Waals surface area contributed by atoms with E-state index in [1.165, 1.54) is 5.56 Å². The Kier molecular flexibility index (Phi) is 7.35. The van der Waals surface area contributed by atoms with Gasteiger partial charge in [-0.05, 0) is 37.5 Å². The Morgan fingerprint density at radius 1 is 1.21 bits per heavy atom. The van der Waals surface area contributed by atoms with Gasteiger partial charge in [0.25, 0.3) is 0 Å². The summed E-state index contributed by atoms with van der Waals surface area (Å²) in [7, 11) is 1.69. The monoisotopic (exact) mass is 375 g/mol. The molecular formula is C17H27Cl2N3O2. The molecule has 24 heavy (non-hydrogen) atoms. The zero-order valence-corrected chi connectivity index (χ0v) is 15.9. The fourth-order valence-corrected chi connectivity index (χ4v) is 3.09. The highest BCUT2D eigenvalue weighted by Crippen LogP contribution is 2.34. The van der Waals surface area contributed by atoms with Crippen LogP contribution in [0.3, 0.4) is 0 Å². The SMILES string of the molecule is COc1cccc(C(C)N2CCN(C(=O)C3(N)CC3)CC2)c1.Cl.Cl. The van der Waals surface area contributed by atoms with Crippen molar-refractivity contribution in [3.05, 3.63) is 29.8 Å². The van der Waals surface area contributed by atoms with Crippen molar-refractivity contribution < 1.29 is 9.53 Å². The summed E-state index contributed by atoms with van der Waals surface area (Å²) in [5.74, 6) is 1.03. The van der Waals surface area contributed by atoms with E-state index in [1.54, 1.807) is 7.11 Å². The van der Waals surface area contributed by atoms with Gasteiger partial charge in [-0.2, -0.15) is 0 Å². The predicted octanol–water partition coefficient (Wildman–Crippen LogP) is 2.24. The van der Waals surface area contributed by atoms with Gasteiger partial charge in [-0.25, -0.2) is 0 Å². The van der Waals surface area contributed by atoms with E-state index in [9.17, 15) is 4.79 Å². The normalized spacial score (nSPS) is 20.4. The molecule has 1 aromatic carbocycles. The van der Waals surface area contributed by atoms with Crippen LogP contribution in [-0.4, -0.2) is 54.5 Å². The zero-order chi connectivity index (χ0) is 15.7. The molecule has 136 valence electrons. The minimum atomic E-state index is -0.541. The highest BCUT2D eigenvalue weighted by molar-refractivity contribution is 5.89. The molecule has 1 aromatic rings. The number of carbonyl (C=O) groups excluding carboxylic acids is 1. The number of nitrogens with zero attached hydrogens (tertiary/aromatic N) is 2. The summed E-state index contributed by atoms with van der Waals surface area (Å²) in [6.45, 7) is 5.52. The second kappa shape index (κ2) is 8.39. The standard InChI is InChI=1S/C17H25N3O2.2ClH/c1-13(14-4-3-5-15(12-14)22-2)19-8-10-20(11-9-19)16(21)17(18)6-7-17;;/h3-5,12-13H,6-11,18H2,1-2H3;2*1H. The molecule has 1 atom stereocenters. The Hall–Kier alpha value is -1.01. The topological polar surface area (TPSA) is 58.8 Å². The van der Waals surface area contributed by atoms with Crippen molar-refractivity contribution in [2.24, 2.45) is 5.73 Å². The van der Waals surface area contributed by atoms with Crippen molar-refractivity contribution >= 4 is 30.7 Å². The highest BCUT2D eigenvalue weighted by atomic mass is 35.5.